The molecule has 2 atom stereocenters. The molecular formula is C20H24N2O4S. The number of nitrogens with one attached hydrogen (secondary N) is 1. The van der Waals surface area contributed by atoms with E-state index in [1.165, 1.54) is 54.8 Å². The molecule has 0 amide bonds. The number of fused-ring (bicyclic) bond motifs is 2. The molecule has 27 heavy (non-hydrogen) atoms. The lowest BCUT2D eigenvalue weighted by Gasteiger charge is -2.24. The maximum atomic E-state index is 9.55. The highest BCUT2D eigenvalue weighted by Crippen LogP contribution is 2.34. The second-order valence-electron chi connectivity index (χ2n) is 6.86. The summed E-state index contributed by atoms with van der Waals surface area (Å²) in [5, 5.41) is 22.8. The van der Waals surface area contributed by atoms with E-state index in [1.54, 1.807) is 0 Å². The van der Waals surface area contributed by atoms with Crippen molar-refractivity contribution in [1.29, 1.82) is 0 Å². The van der Waals surface area contributed by atoms with Gasteiger partial charge < -0.3 is 20.4 Å². The fourth-order valence-corrected chi connectivity index (χ4v) is 4.66. The molecule has 2 fully saturated rings. The van der Waals surface area contributed by atoms with E-state index >= 15 is 0 Å². The molecule has 2 aliphatic heterocycles. The van der Waals surface area contributed by atoms with Crippen molar-refractivity contribution in [2.75, 3.05) is 31.1 Å². The third-order valence-corrected chi connectivity index (χ3v) is 6.08. The summed E-state index contributed by atoms with van der Waals surface area (Å²) in [6, 6.07) is 9.03. The first-order chi connectivity index (χ1) is 13.0. The predicted molar refractivity (Wildman–Crippen MR) is 108 cm³/mol. The van der Waals surface area contributed by atoms with Gasteiger partial charge in [-0.3, -0.25) is 0 Å². The minimum atomic E-state index is -1.26. The van der Waals surface area contributed by atoms with Crippen LogP contribution in [0.4, 0.5) is 5.69 Å². The number of carbonyl (C=O) groups is 2. The van der Waals surface area contributed by atoms with Crippen LogP contribution in [0.2, 0.25) is 0 Å². The molecule has 4 rings (SSSR count). The molecule has 0 bridgehead atoms. The van der Waals surface area contributed by atoms with Gasteiger partial charge in [-0.1, -0.05) is 6.07 Å². The van der Waals surface area contributed by atoms with Gasteiger partial charge >= 0.3 is 11.9 Å². The summed E-state index contributed by atoms with van der Waals surface area (Å²) in [5.41, 5.74) is 1.45. The van der Waals surface area contributed by atoms with Gasteiger partial charge in [0.05, 0.1) is 0 Å². The molecule has 0 radical (unpaired) electrons. The van der Waals surface area contributed by atoms with E-state index in [-0.39, 0.29) is 0 Å². The molecule has 2 unspecified atom stereocenters. The van der Waals surface area contributed by atoms with Crippen molar-refractivity contribution < 1.29 is 19.8 Å². The van der Waals surface area contributed by atoms with Crippen LogP contribution in [0.25, 0.3) is 10.1 Å². The summed E-state index contributed by atoms with van der Waals surface area (Å²) in [5.74, 6) is -0.696. The molecule has 3 N–H and O–H groups in total. The number of nitrogens with zero attached hydrogens (tertiary/aromatic N) is 1. The van der Waals surface area contributed by atoms with Crippen LogP contribution >= 0.6 is 11.3 Å². The summed E-state index contributed by atoms with van der Waals surface area (Å²) in [6.45, 7) is 4.91. The maximum Gasteiger partial charge on any atom is 0.328 e. The lowest BCUT2D eigenvalue weighted by Crippen LogP contribution is -2.25. The van der Waals surface area contributed by atoms with Gasteiger partial charge in [0.15, 0.2) is 0 Å². The average molecular weight is 388 g/mol. The SMILES string of the molecule is O=C(O)/C=C\C(=O)O.c1cc(N2CCC3CNCC3CC2)c2ccsc2c1. The molecule has 0 aliphatic carbocycles. The van der Waals surface area contributed by atoms with Crippen molar-refractivity contribution in [2.45, 2.75) is 12.8 Å². The zero-order valence-electron chi connectivity index (χ0n) is 15.0. The van der Waals surface area contributed by atoms with E-state index in [1.807, 2.05) is 11.3 Å². The third-order valence-electron chi connectivity index (χ3n) is 5.20. The molecule has 2 aliphatic rings. The Morgan fingerprint density at radius 2 is 1.67 bits per heavy atom. The topological polar surface area (TPSA) is 89.9 Å². The largest absolute Gasteiger partial charge is 0.478 e. The lowest BCUT2D eigenvalue weighted by molar-refractivity contribution is -0.134. The first-order valence-corrected chi connectivity index (χ1v) is 9.98. The van der Waals surface area contributed by atoms with Crippen LogP contribution < -0.4 is 10.2 Å². The van der Waals surface area contributed by atoms with Crippen molar-refractivity contribution >= 4 is 39.0 Å². The van der Waals surface area contributed by atoms with Gasteiger partial charge in [-0.05, 0) is 61.3 Å². The standard InChI is InChI=1S/C16H20N2S.C4H4O4/c1-2-15(14-6-9-19-16(14)3-1)18-7-4-12-10-17-11-13(12)5-8-18;5-3(6)1-2-4(7)8/h1-3,6,9,12-13,17H,4-5,7-8,10-11H2;1-2H,(H,5,6)(H,7,8)/b;2-1-. The molecule has 1 aromatic heterocycles. The number of rotatable bonds is 3. The number of carboxylic acids is 2. The molecule has 0 spiro atoms. The van der Waals surface area contributed by atoms with Crippen molar-refractivity contribution in [3.8, 4) is 0 Å². The van der Waals surface area contributed by atoms with Crippen molar-refractivity contribution in [1.82, 2.24) is 5.32 Å². The number of anilines is 1. The first-order valence-electron chi connectivity index (χ1n) is 9.10. The number of carboxylic acid groups (broad SMARTS) is 2. The summed E-state index contributed by atoms with van der Waals surface area (Å²) in [4.78, 5) is 21.7. The Morgan fingerprint density at radius 1 is 1.04 bits per heavy atom. The Hall–Kier alpha value is -2.38. The molecule has 2 aromatic rings. The predicted octanol–water partition coefficient (Wildman–Crippen LogP) is 3.05. The number of hydrogen-bond acceptors (Lipinski definition) is 5. The first kappa shape index (κ1) is 19.4. The average Bonchev–Trinajstić information content (AvgIpc) is 3.26. The van der Waals surface area contributed by atoms with Gasteiger partial charge in [0.2, 0.25) is 0 Å². The van der Waals surface area contributed by atoms with Crippen LogP contribution in [-0.4, -0.2) is 48.3 Å². The summed E-state index contributed by atoms with van der Waals surface area (Å²) in [7, 11) is 0. The minimum Gasteiger partial charge on any atom is -0.478 e. The highest BCUT2D eigenvalue weighted by Gasteiger charge is 2.30. The van der Waals surface area contributed by atoms with E-state index in [4.69, 9.17) is 10.2 Å². The van der Waals surface area contributed by atoms with Gasteiger partial charge in [0, 0.05) is 41.0 Å². The zero-order chi connectivity index (χ0) is 19.2. The van der Waals surface area contributed by atoms with Crippen molar-refractivity contribution in [2.24, 2.45) is 11.8 Å². The number of aliphatic carboxylic acids is 2. The van der Waals surface area contributed by atoms with Crippen molar-refractivity contribution in [3.63, 3.8) is 0 Å². The van der Waals surface area contributed by atoms with Gasteiger partial charge in [0.1, 0.15) is 0 Å². The normalized spacial score (nSPS) is 22.1. The second kappa shape index (κ2) is 9.01. The van der Waals surface area contributed by atoms with Crippen LogP contribution in [0, 0.1) is 11.8 Å². The van der Waals surface area contributed by atoms with Gasteiger partial charge in [-0.15, -0.1) is 11.3 Å². The molecule has 144 valence electrons. The Balaban J connectivity index is 0.000000226. The van der Waals surface area contributed by atoms with Crippen LogP contribution in [0.3, 0.4) is 0 Å². The van der Waals surface area contributed by atoms with Crippen LogP contribution in [-0.2, 0) is 9.59 Å². The lowest BCUT2D eigenvalue weighted by atomic mass is 9.92. The number of hydrogen-bond donors (Lipinski definition) is 3. The molecule has 6 nitrogen and oxygen atoms in total. The number of thiophene rings is 1. The Bertz CT molecular complexity index is 802. The van der Waals surface area contributed by atoms with Gasteiger partial charge in [-0.25, -0.2) is 9.59 Å². The molecule has 3 heterocycles. The molecule has 2 saturated heterocycles. The number of benzene rings is 1. The Labute approximate surface area is 162 Å². The monoisotopic (exact) mass is 388 g/mol. The van der Waals surface area contributed by atoms with Crippen LogP contribution in [0.5, 0.6) is 0 Å². The van der Waals surface area contributed by atoms with Gasteiger partial charge in [-0.2, -0.15) is 0 Å². The highest BCUT2D eigenvalue weighted by molar-refractivity contribution is 7.17. The molecule has 1 aromatic carbocycles. The third kappa shape index (κ3) is 5.08. The van der Waals surface area contributed by atoms with Gasteiger partial charge in [0.25, 0.3) is 0 Å². The second-order valence-corrected chi connectivity index (χ2v) is 7.81. The van der Waals surface area contributed by atoms with E-state index in [0.717, 1.165) is 11.8 Å². The zero-order valence-corrected chi connectivity index (χ0v) is 15.8. The summed E-state index contributed by atoms with van der Waals surface area (Å²) < 4.78 is 1.42. The quantitative estimate of drug-likeness (QED) is 0.700. The Kier molecular flexibility index (Phi) is 6.47. The summed E-state index contributed by atoms with van der Waals surface area (Å²) >= 11 is 1.85. The minimum absolute atomic E-state index is 0.558. The highest BCUT2D eigenvalue weighted by atomic mass is 32.1. The van der Waals surface area contributed by atoms with Crippen LogP contribution in [0.1, 0.15) is 12.8 Å². The van der Waals surface area contributed by atoms with Crippen LogP contribution in [0.15, 0.2) is 41.8 Å². The summed E-state index contributed by atoms with van der Waals surface area (Å²) in [6.07, 6.45) is 3.81. The van der Waals surface area contributed by atoms with E-state index in [0.29, 0.717) is 12.2 Å². The van der Waals surface area contributed by atoms with Crippen molar-refractivity contribution in [3.05, 3.63) is 41.8 Å². The smallest absolute Gasteiger partial charge is 0.328 e. The van der Waals surface area contributed by atoms with E-state index in [2.05, 4.69) is 39.9 Å². The molecule has 0 saturated carbocycles. The van der Waals surface area contributed by atoms with E-state index < -0.39 is 11.9 Å². The fourth-order valence-electron chi connectivity index (χ4n) is 3.86. The maximum absolute atomic E-state index is 9.55. The Morgan fingerprint density at radius 3 is 2.26 bits per heavy atom. The molecular weight excluding hydrogens is 364 g/mol. The van der Waals surface area contributed by atoms with E-state index in [9.17, 15) is 9.59 Å². The molecule has 7 heteroatoms. The fraction of sp³-hybridized carbons (Fsp3) is 0.400.